The van der Waals surface area contributed by atoms with Crippen molar-refractivity contribution >= 4 is 15.8 Å². The fourth-order valence-corrected chi connectivity index (χ4v) is 4.19. The van der Waals surface area contributed by atoms with Crippen LogP contribution in [0.15, 0.2) is 24.3 Å². The molecule has 0 radical (unpaired) electrons. The van der Waals surface area contributed by atoms with Gasteiger partial charge in [0.15, 0.2) is 21.3 Å². The fourth-order valence-electron chi connectivity index (χ4n) is 2.31. The Balaban J connectivity index is 2.04. The van der Waals surface area contributed by atoms with E-state index in [9.17, 15) is 23.4 Å². The molecule has 7 heteroatoms. The number of rotatable bonds is 5. The molecule has 1 heterocycles. The van der Waals surface area contributed by atoms with Crippen LogP contribution in [0.2, 0.25) is 0 Å². The molecule has 0 amide bonds. The number of carboxylic acid groups (broad SMARTS) is 1. The highest BCUT2D eigenvalue weighted by Gasteiger charge is 2.37. The smallest absolute Gasteiger partial charge is 0.310 e. The quantitative estimate of drug-likeness (QED) is 0.838. The molecule has 2 rings (SSSR count). The summed E-state index contributed by atoms with van der Waals surface area (Å²) in [6, 6.07) is 6.25. The van der Waals surface area contributed by atoms with E-state index in [0.29, 0.717) is 6.42 Å². The molecule has 1 aromatic rings. The summed E-state index contributed by atoms with van der Waals surface area (Å²) in [6.45, 7) is -0.160. The lowest BCUT2D eigenvalue weighted by atomic mass is 9.93. The maximum absolute atomic E-state index is 11.4. The number of aliphatic carboxylic acids is 1. The number of phenols is 1. The van der Waals surface area contributed by atoms with Crippen molar-refractivity contribution in [2.75, 3.05) is 18.1 Å². The molecular weight excluding hydrogens is 284 g/mol. The van der Waals surface area contributed by atoms with Crippen molar-refractivity contribution in [2.45, 2.75) is 6.42 Å². The van der Waals surface area contributed by atoms with Gasteiger partial charge in [-0.1, -0.05) is 12.1 Å². The number of phenolic OH excluding ortho intramolecular Hbond substituents is 1. The minimum absolute atomic E-state index is 0.0258. The van der Waals surface area contributed by atoms with Gasteiger partial charge in [0.05, 0.1) is 17.4 Å². The number of carbonyl (C=O) groups is 1. The lowest BCUT2D eigenvalue weighted by Crippen LogP contribution is -2.30. The molecule has 1 saturated heterocycles. The van der Waals surface area contributed by atoms with Crippen LogP contribution in [-0.2, 0) is 14.6 Å². The van der Waals surface area contributed by atoms with Gasteiger partial charge in [0, 0.05) is 0 Å². The normalized spacial score (nSPS) is 22.3. The van der Waals surface area contributed by atoms with E-state index < -0.39 is 27.6 Å². The van der Waals surface area contributed by atoms with Crippen molar-refractivity contribution in [1.82, 2.24) is 0 Å². The summed E-state index contributed by atoms with van der Waals surface area (Å²) in [4.78, 5) is 11.3. The van der Waals surface area contributed by atoms with E-state index in [4.69, 9.17) is 4.74 Å². The molecule has 20 heavy (non-hydrogen) atoms. The topological polar surface area (TPSA) is 101 Å². The molecule has 0 spiro atoms. The molecule has 110 valence electrons. The van der Waals surface area contributed by atoms with Crippen LogP contribution in [0.4, 0.5) is 0 Å². The van der Waals surface area contributed by atoms with E-state index in [2.05, 4.69) is 0 Å². The van der Waals surface area contributed by atoms with Crippen LogP contribution in [0.5, 0.6) is 11.5 Å². The molecule has 2 unspecified atom stereocenters. The summed E-state index contributed by atoms with van der Waals surface area (Å²) in [6.07, 6.45) is 0.337. The third kappa shape index (κ3) is 3.41. The Labute approximate surface area is 116 Å². The van der Waals surface area contributed by atoms with Gasteiger partial charge >= 0.3 is 5.97 Å². The molecule has 0 saturated carbocycles. The Morgan fingerprint density at radius 2 is 2.10 bits per heavy atom. The molecule has 1 aliphatic heterocycles. The predicted molar refractivity (Wildman–Crippen MR) is 71.5 cm³/mol. The number of sulfone groups is 1. The van der Waals surface area contributed by atoms with Crippen LogP contribution in [0.25, 0.3) is 0 Å². The van der Waals surface area contributed by atoms with E-state index in [-0.39, 0.29) is 29.6 Å². The van der Waals surface area contributed by atoms with E-state index in [1.807, 2.05) is 0 Å². The molecule has 2 atom stereocenters. The molecule has 1 fully saturated rings. The Hall–Kier alpha value is -1.76. The summed E-state index contributed by atoms with van der Waals surface area (Å²) < 4.78 is 28.2. The standard InChI is InChI=1S/C13H16O6S/c14-11-3-1-2-4-12(11)19-7-10(13(15)16)9-5-6-20(17,18)8-9/h1-4,9-10,14H,5-8H2,(H,15,16). The van der Waals surface area contributed by atoms with Crippen LogP contribution < -0.4 is 4.74 Å². The molecular formula is C13H16O6S. The molecule has 0 bridgehead atoms. The predicted octanol–water partition coefficient (Wildman–Crippen LogP) is 0.907. The summed E-state index contributed by atoms with van der Waals surface area (Å²) >= 11 is 0. The second-order valence-corrected chi connectivity index (χ2v) is 7.12. The zero-order valence-electron chi connectivity index (χ0n) is 10.7. The first-order valence-electron chi connectivity index (χ1n) is 6.23. The van der Waals surface area contributed by atoms with Crippen molar-refractivity contribution < 1.29 is 28.2 Å². The molecule has 0 aromatic heterocycles. The first-order valence-corrected chi connectivity index (χ1v) is 8.05. The number of benzene rings is 1. The molecule has 2 N–H and O–H groups in total. The highest BCUT2D eigenvalue weighted by molar-refractivity contribution is 7.91. The summed E-state index contributed by atoms with van der Waals surface area (Å²) in [5, 5.41) is 18.8. The van der Waals surface area contributed by atoms with Crippen molar-refractivity contribution in [2.24, 2.45) is 11.8 Å². The zero-order valence-corrected chi connectivity index (χ0v) is 11.5. The highest BCUT2D eigenvalue weighted by atomic mass is 32.2. The van der Waals surface area contributed by atoms with Crippen LogP contribution in [0, 0.1) is 11.8 Å². The lowest BCUT2D eigenvalue weighted by Gasteiger charge is -2.19. The third-order valence-corrected chi connectivity index (χ3v) is 5.23. The van der Waals surface area contributed by atoms with Crippen molar-refractivity contribution in [3.63, 3.8) is 0 Å². The first kappa shape index (κ1) is 14.6. The largest absolute Gasteiger partial charge is 0.504 e. The zero-order chi connectivity index (χ0) is 14.8. The van der Waals surface area contributed by atoms with Gasteiger partial charge in [-0.05, 0) is 24.5 Å². The maximum atomic E-state index is 11.4. The van der Waals surface area contributed by atoms with Crippen LogP contribution in [0.3, 0.4) is 0 Å². The second kappa shape index (κ2) is 5.70. The summed E-state index contributed by atoms with van der Waals surface area (Å²) in [7, 11) is -3.13. The van der Waals surface area contributed by atoms with Crippen molar-refractivity contribution in [1.29, 1.82) is 0 Å². The van der Waals surface area contributed by atoms with Crippen LogP contribution >= 0.6 is 0 Å². The Kier molecular flexibility index (Phi) is 4.17. The van der Waals surface area contributed by atoms with Gasteiger partial charge < -0.3 is 14.9 Å². The second-order valence-electron chi connectivity index (χ2n) is 4.89. The van der Waals surface area contributed by atoms with Gasteiger partial charge in [0.1, 0.15) is 6.61 Å². The number of hydrogen-bond donors (Lipinski definition) is 2. The minimum atomic E-state index is -3.13. The lowest BCUT2D eigenvalue weighted by molar-refractivity contribution is -0.144. The van der Waals surface area contributed by atoms with Crippen molar-refractivity contribution in [3.8, 4) is 11.5 Å². The van der Waals surface area contributed by atoms with E-state index in [1.165, 1.54) is 12.1 Å². The summed E-state index contributed by atoms with van der Waals surface area (Å²) in [5.41, 5.74) is 0. The number of carboxylic acids is 1. The van der Waals surface area contributed by atoms with Gasteiger partial charge in [-0.25, -0.2) is 8.42 Å². The number of aromatic hydroxyl groups is 1. The fraction of sp³-hybridized carbons (Fsp3) is 0.462. The molecule has 1 aliphatic rings. The van der Waals surface area contributed by atoms with Crippen molar-refractivity contribution in [3.05, 3.63) is 24.3 Å². The SMILES string of the molecule is O=C(O)C(COc1ccccc1O)C1CCS(=O)(=O)C1. The molecule has 0 aliphatic carbocycles. The van der Waals surface area contributed by atoms with Gasteiger partial charge in [-0.2, -0.15) is 0 Å². The van der Waals surface area contributed by atoms with E-state index >= 15 is 0 Å². The van der Waals surface area contributed by atoms with Gasteiger partial charge in [0.25, 0.3) is 0 Å². The van der Waals surface area contributed by atoms with Gasteiger partial charge in [-0.3, -0.25) is 4.79 Å². The van der Waals surface area contributed by atoms with Crippen LogP contribution in [-0.4, -0.2) is 42.7 Å². The number of para-hydroxylation sites is 2. The molecule has 6 nitrogen and oxygen atoms in total. The monoisotopic (exact) mass is 300 g/mol. The average molecular weight is 300 g/mol. The average Bonchev–Trinajstić information content (AvgIpc) is 2.71. The number of hydrogen-bond acceptors (Lipinski definition) is 5. The summed E-state index contributed by atoms with van der Waals surface area (Å²) in [5.74, 6) is -2.39. The Morgan fingerprint density at radius 3 is 2.65 bits per heavy atom. The van der Waals surface area contributed by atoms with Crippen LogP contribution in [0.1, 0.15) is 6.42 Å². The number of ether oxygens (including phenoxy) is 1. The third-order valence-electron chi connectivity index (χ3n) is 3.44. The van der Waals surface area contributed by atoms with Gasteiger partial charge in [0.2, 0.25) is 0 Å². The van der Waals surface area contributed by atoms with Gasteiger partial charge in [-0.15, -0.1) is 0 Å². The highest BCUT2D eigenvalue weighted by Crippen LogP contribution is 2.29. The minimum Gasteiger partial charge on any atom is -0.504 e. The Bertz CT molecular complexity index is 595. The maximum Gasteiger partial charge on any atom is 0.310 e. The first-order chi connectivity index (χ1) is 9.39. The Morgan fingerprint density at radius 1 is 1.40 bits per heavy atom. The molecule has 1 aromatic carbocycles. The van der Waals surface area contributed by atoms with E-state index in [1.54, 1.807) is 12.1 Å². The van der Waals surface area contributed by atoms with E-state index in [0.717, 1.165) is 0 Å².